The number of nitrogens with one attached hydrogen (secondary N) is 1. The molecule has 2 heterocycles. The molecule has 1 aliphatic rings. The highest BCUT2D eigenvalue weighted by molar-refractivity contribution is 5.96. The Balaban J connectivity index is 1.62. The molecule has 24 heavy (non-hydrogen) atoms. The van der Waals surface area contributed by atoms with Gasteiger partial charge in [0.1, 0.15) is 6.54 Å². The molecule has 0 spiro atoms. The molecule has 7 heteroatoms. The summed E-state index contributed by atoms with van der Waals surface area (Å²) < 4.78 is 12.1. The van der Waals surface area contributed by atoms with Crippen molar-refractivity contribution in [3.05, 3.63) is 40.7 Å². The summed E-state index contributed by atoms with van der Waals surface area (Å²) in [6, 6.07) is 5.55. The second-order valence-electron chi connectivity index (χ2n) is 5.72. The SMILES string of the molecule is CC(=O)c1c(C)nn(CC(=O)NCc2ccc3c(c2)OCO3)c1C. The Morgan fingerprint density at radius 2 is 2.00 bits per heavy atom. The highest BCUT2D eigenvalue weighted by Gasteiger charge is 2.17. The molecule has 7 nitrogen and oxygen atoms in total. The Morgan fingerprint density at radius 1 is 1.25 bits per heavy atom. The van der Waals surface area contributed by atoms with Crippen molar-refractivity contribution in [3.63, 3.8) is 0 Å². The molecule has 1 aromatic carbocycles. The summed E-state index contributed by atoms with van der Waals surface area (Å²) in [7, 11) is 0. The number of carbonyl (C=O) groups excluding carboxylic acids is 2. The number of amides is 1. The minimum absolute atomic E-state index is 0.0444. The van der Waals surface area contributed by atoms with Gasteiger partial charge < -0.3 is 14.8 Å². The first-order valence-electron chi connectivity index (χ1n) is 7.66. The van der Waals surface area contributed by atoms with E-state index in [9.17, 15) is 9.59 Å². The molecule has 0 radical (unpaired) electrons. The van der Waals surface area contributed by atoms with E-state index in [0.717, 1.165) is 5.56 Å². The summed E-state index contributed by atoms with van der Waals surface area (Å²) in [5, 5.41) is 7.11. The predicted octanol–water partition coefficient (Wildman–Crippen LogP) is 1.75. The van der Waals surface area contributed by atoms with Crippen LogP contribution in [0.4, 0.5) is 0 Å². The second-order valence-corrected chi connectivity index (χ2v) is 5.72. The van der Waals surface area contributed by atoms with Crippen molar-refractivity contribution in [1.82, 2.24) is 15.1 Å². The zero-order chi connectivity index (χ0) is 17.3. The molecule has 0 saturated carbocycles. The molecule has 0 atom stereocenters. The Bertz CT molecular complexity index is 810. The van der Waals surface area contributed by atoms with Gasteiger partial charge in [-0.05, 0) is 38.5 Å². The van der Waals surface area contributed by atoms with Crippen molar-refractivity contribution in [2.24, 2.45) is 0 Å². The van der Waals surface area contributed by atoms with Gasteiger partial charge >= 0.3 is 0 Å². The molecular weight excluding hydrogens is 310 g/mol. The normalized spacial score (nSPS) is 12.3. The summed E-state index contributed by atoms with van der Waals surface area (Å²) in [5.74, 6) is 1.18. The zero-order valence-corrected chi connectivity index (χ0v) is 13.9. The number of hydrogen-bond donors (Lipinski definition) is 1. The van der Waals surface area contributed by atoms with Crippen molar-refractivity contribution in [2.75, 3.05) is 6.79 Å². The molecule has 0 fully saturated rings. The van der Waals surface area contributed by atoms with Crippen LogP contribution in [-0.2, 0) is 17.9 Å². The molecule has 0 unspecified atom stereocenters. The van der Waals surface area contributed by atoms with Crippen molar-refractivity contribution in [2.45, 2.75) is 33.9 Å². The third-order valence-corrected chi connectivity index (χ3v) is 3.95. The molecule has 2 aromatic rings. The van der Waals surface area contributed by atoms with Crippen molar-refractivity contribution in [3.8, 4) is 11.5 Å². The van der Waals surface area contributed by atoms with Crippen LogP contribution < -0.4 is 14.8 Å². The number of hydrogen-bond acceptors (Lipinski definition) is 5. The molecule has 0 saturated heterocycles. The number of ketones is 1. The predicted molar refractivity (Wildman–Crippen MR) is 86.1 cm³/mol. The molecule has 1 aromatic heterocycles. The monoisotopic (exact) mass is 329 g/mol. The van der Waals surface area contributed by atoms with Crippen molar-refractivity contribution < 1.29 is 19.1 Å². The molecule has 0 aliphatic carbocycles. The van der Waals surface area contributed by atoms with E-state index >= 15 is 0 Å². The zero-order valence-electron chi connectivity index (χ0n) is 13.9. The average molecular weight is 329 g/mol. The molecular formula is C17H19N3O4. The van der Waals surface area contributed by atoms with Crippen molar-refractivity contribution >= 4 is 11.7 Å². The van der Waals surface area contributed by atoms with Crippen LogP contribution in [0.1, 0.15) is 34.2 Å². The maximum atomic E-state index is 12.1. The molecule has 126 valence electrons. The van der Waals surface area contributed by atoms with Gasteiger partial charge in [0.15, 0.2) is 17.3 Å². The van der Waals surface area contributed by atoms with Gasteiger partial charge in [0.2, 0.25) is 12.7 Å². The quantitative estimate of drug-likeness (QED) is 0.845. The van der Waals surface area contributed by atoms with Gasteiger partial charge in [0, 0.05) is 12.2 Å². The fraction of sp³-hybridized carbons (Fsp3) is 0.353. The lowest BCUT2D eigenvalue weighted by Gasteiger charge is -2.08. The fourth-order valence-electron chi connectivity index (χ4n) is 2.80. The van der Waals surface area contributed by atoms with E-state index in [0.29, 0.717) is 35.0 Å². The third kappa shape index (κ3) is 3.10. The standard InChI is InChI=1S/C17H19N3O4/c1-10-17(12(3)21)11(2)20(19-10)8-16(22)18-7-13-4-5-14-15(6-13)24-9-23-14/h4-6H,7-9H2,1-3H3,(H,18,22). The van der Waals surface area contributed by atoms with E-state index in [-0.39, 0.29) is 25.0 Å². The number of rotatable bonds is 5. The van der Waals surface area contributed by atoms with Crippen molar-refractivity contribution in [1.29, 1.82) is 0 Å². The molecule has 3 rings (SSSR count). The lowest BCUT2D eigenvalue weighted by Crippen LogP contribution is -2.28. The Hall–Kier alpha value is -2.83. The van der Waals surface area contributed by atoms with Gasteiger partial charge in [-0.15, -0.1) is 0 Å². The Labute approximate surface area is 139 Å². The Morgan fingerprint density at radius 3 is 2.71 bits per heavy atom. The van der Waals surface area contributed by atoms with E-state index in [2.05, 4.69) is 10.4 Å². The van der Waals surface area contributed by atoms with Crippen LogP contribution in [0.2, 0.25) is 0 Å². The van der Waals surface area contributed by atoms with Gasteiger partial charge in [-0.1, -0.05) is 6.07 Å². The highest BCUT2D eigenvalue weighted by Crippen LogP contribution is 2.32. The van der Waals surface area contributed by atoms with E-state index in [1.54, 1.807) is 18.5 Å². The molecule has 1 amide bonds. The smallest absolute Gasteiger partial charge is 0.242 e. The number of ether oxygens (including phenoxy) is 2. The van der Waals surface area contributed by atoms with E-state index in [1.807, 2.05) is 18.2 Å². The van der Waals surface area contributed by atoms with Crippen LogP contribution in [0.25, 0.3) is 0 Å². The van der Waals surface area contributed by atoms with Gasteiger partial charge in [-0.3, -0.25) is 14.3 Å². The first-order valence-corrected chi connectivity index (χ1v) is 7.66. The summed E-state index contributed by atoms with van der Waals surface area (Å²) in [6.45, 7) is 5.74. The summed E-state index contributed by atoms with van der Waals surface area (Å²) >= 11 is 0. The van der Waals surface area contributed by atoms with Crippen LogP contribution in [-0.4, -0.2) is 28.3 Å². The number of aryl methyl sites for hydroxylation is 1. The number of Topliss-reactive ketones (excluding diaryl/α,β-unsaturated/α-hetero) is 1. The topological polar surface area (TPSA) is 82.5 Å². The summed E-state index contributed by atoms with van der Waals surface area (Å²) in [5.41, 5.74) is 2.85. The number of aromatic nitrogens is 2. The van der Waals surface area contributed by atoms with Crippen LogP contribution in [0, 0.1) is 13.8 Å². The number of nitrogens with zero attached hydrogens (tertiary/aromatic N) is 2. The molecule has 1 N–H and O–H groups in total. The Kier molecular flexibility index (Phi) is 4.24. The van der Waals surface area contributed by atoms with Gasteiger partial charge in [-0.25, -0.2) is 0 Å². The lowest BCUT2D eigenvalue weighted by molar-refractivity contribution is -0.122. The lowest BCUT2D eigenvalue weighted by atomic mass is 10.1. The van der Waals surface area contributed by atoms with Gasteiger partial charge in [0.25, 0.3) is 0 Å². The van der Waals surface area contributed by atoms with Gasteiger partial charge in [0.05, 0.1) is 11.3 Å². The van der Waals surface area contributed by atoms with E-state index in [4.69, 9.17) is 9.47 Å². The largest absolute Gasteiger partial charge is 0.454 e. The maximum absolute atomic E-state index is 12.1. The first kappa shape index (κ1) is 16.0. The van der Waals surface area contributed by atoms with Crippen LogP contribution >= 0.6 is 0 Å². The van der Waals surface area contributed by atoms with E-state index < -0.39 is 0 Å². The maximum Gasteiger partial charge on any atom is 0.242 e. The summed E-state index contributed by atoms with van der Waals surface area (Å²) in [6.07, 6.45) is 0. The molecule has 0 bridgehead atoms. The van der Waals surface area contributed by atoms with E-state index in [1.165, 1.54) is 6.92 Å². The minimum atomic E-state index is -0.173. The minimum Gasteiger partial charge on any atom is -0.454 e. The number of fused-ring (bicyclic) bond motifs is 1. The number of benzene rings is 1. The fourth-order valence-corrected chi connectivity index (χ4v) is 2.80. The summed E-state index contributed by atoms with van der Waals surface area (Å²) in [4.78, 5) is 23.8. The van der Waals surface area contributed by atoms with Crippen LogP contribution in [0.3, 0.4) is 0 Å². The first-order chi connectivity index (χ1) is 11.5. The average Bonchev–Trinajstić information content (AvgIpc) is 3.09. The molecule has 1 aliphatic heterocycles. The third-order valence-electron chi connectivity index (χ3n) is 3.95. The highest BCUT2D eigenvalue weighted by atomic mass is 16.7. The van der Waals surface area contributed by atoms with Crippen LogP contribution in [0.5, 0.6) is 11.5 Å². The van der Waals surface area contributed by atoms with Gasteiger partial charge in [-0.2, -0.15) is 5.10 Å². The second kappa shape index (κ2) is 6.35. The van der Waals surface area contributed by atoms with Crippen LogP contribution in [0.15, 0.2) is 18.2 Å². The number of carbonyl (C=O) groups is 2.